The number of nitrogens with one attached hydrogen (secondary N) is 1. The Balaban J connectivity index is 2.06. The molecule has 1 atom stereocenters. The molecular formula is C12H14N4O3. The van der Waals surface area contributed by atoms with Crippen LogP contribution in [-0.2, 0) is 0 Å². The van der Waals surface area contributed by atoms with Crippen molar-refractivity contribution in [1.29, 1.82) is 5.26 Å². The van der Waals surface area contributed by atoms with Gasteiger partial charge in [-0.1, -0.05) is 0 Å². The van der Waals surface area contributed by atoms with Crippen LogP contribution >= 0.6 is 0 Å². The zero-order valence-corrected chi connectivity index (χ0v) is 10.3. The maximum Gasteiger partial charge on any atom is 0.332 e. The quantitative estimate of drug-likeness (QED) is 0.647. The highest BCUT2D eigenvalue weighted by molar-refractivity contribution is 5.46. The van der Waals surface area contributed by atoms with Crippen molar-refractivity contribution in [2.24, 2.45) is 5.92 Å². The van der Waals surface area contributed by atoms with Gasteiger partial charge in [-0.05, 0) is 19.4 Å². The Morgan fingerprint density at radius 2 is 2.53 bits per heavy atom. The summed E-state index contributed by atoms with van der Waals surface area (Å²) >= 11 is 0. The second-order valence-corrected chi connectivity index (χ2v) is 4.44. The van der Waals surface area contributed by atoms with E-state index < -0.39 is 4.92 Å². The van der Waals surface area contributed by atoms with Crippen LogP contribution in [0.5, 0.6) is 5.88 Å². The maximum atomic E-state index is 10.9. The number of ether oxygens (including phenoxy) is 1. The molecule has 2 rings (SSSR count). The number of rotatable bonds is 4. The van der Waals surface area contributed by atoms with E-state index in [-0.39, 0.29) is 17.1 Å². The first-order valence-corrected chi connectivity index (χ1v) is 6.08. The molecule has 0 spiro atoms. The predicted molar refractivity (Wildman–Crippen MR) is 66.7 cm³/mol. The molecule has 19 heavy (non-hydrogen) atoms. The molecule has 1 aromatic heterocycles. The van der Waals surface area contributed by atoms with Crippen molar-refractivity contribution in [3.63, 3.8) is 0 Å². The lowest BCUT2D eigenvalue weighted by atomic mass is 10.0. The first-order chi connectivity index (χ1) is 9.20. The summed E-state index contributed by atoms with van der Waals surface area (Å²) in [5.74, 6) is 0.320. The Bertz CT molecular complexity index is 506. The number of aromatic nitrogens is 1. The van der Waals surface area contributed by atoms with E-state index in [4.69, 9.17) is 10.00 Å². The number of pyridine rings is 1. The standard InChI is InChI=1S/C12H14N4O3/c13-5-10-4-11(16(17)18)12(15-7-10)19-8-9-2-1-3-14-6-9/h4,7,9,14H,1-3,6,8H2. The lowest BCUT2D eigenvalue weighted by Crippen LogP contribution is -2.33. The summed E-state index contributed by atoms with van der Waals surface area (Å²) in [6, 6.07) is 3.00. The molecule has 0 amide bonds. The smallest absolute Gasteiger partial charge is 0.332 e. The van der Waals surface area contributed by atoms with Gasteiger partial charge in [0.15, 0.2) is 0 Å². The summed E-state index contributed by atoms with van der Waals surface area (Å²) in [6.07, 6.45) is 3.40. The maximum absolute atomic E-state index is 10.9. The topological polar surface area (TPSA) is 101 Å². The van der Waals surface area contributed by atoms with Crippen LogP contribution in [0.15, 0.2) is 12.3 Å². The van der Waals surface area contributed by atoms with E-state index in [2.05, 4.69) is 10.3 Å². The molecule has 1 aromatic rings. The number of nitrogens with zero attached hydrogens (tertiary/aromatic N) is 3. The van der Waals surface area contributed by atoms with Crippen molar-refractivity contribution in [2.75, 3.05) is 19.7 Å². The lowest BCUT2D eigenvalue weighted by molar-refractivity contribution is -0.386. The lowest BCUT2D eigenvalue weighted by Gasteiger charge is -2.22. The number of hydrogen-bond acceptors (Lipinski definition) is 6. The zero-order chi connectivity index (χ0) is 13.7. The van der Waals surface area contributed by atoms with Crippen molar-refractivity contribution >= 4 is 5.69 Å². The summed E-state index contributed by atoms with van der Waals surface area (Å²) in [5.41, 5.74) is -0.110. The van der Waals surface area contributed by atoms with Crippen LogP contribution in [0.3, 0.4) is 0 Å². The fourth-order valence-electron chi connectivity index (χ4n) is 2.01. The van der Waals surface area contributed by atoms with Gasteiger partial charge in [-0.3, -0.25) is 10.1 Å². The highest BCUT2D eigenvalue weighted by atomic mass is 16.6. The van der Waals surface area contributed by atoms with Crippen molar-refractivity contribution < 1.29 is 9.66 Å². The third-order valence-electron chi connectivity index (χ3n) is 3.01. The molecule has 2 heterocycles. The second kappa shape index (κ2) is 6.11. The van der Waals surface area contributed by atoms with Gasteiger partial charge in [0.05, 0.1) is 17.1 Å². The van der Waals surface area contributed by atoms with Crippen LogP contribution in [-0.4, -0.2) is 29.6 Å². The highest BCUT2D eigenvalue weighted by Gasteiger charge is 2.20. The van der Waals surface area contributed by atoms with Crippen LogP contribution < -0.4 is 10.1 Å². The van der Waals surface area contributed by atoms with Crippen molar-refractivity contribution in [3.05, 3.63) is 27.9 Å². The average molecular weight is 262 g/mol. The van der Waals surface area contributed by atoms with Gasteiger partial charge in [0.2, 0.25) is 0 Å². The molecule has 0 aromatic carbocycles. The van der Waals surface area contributed by atoms with Gasteiger partial charge >= 0.3 is 5.69 Å². The summed E-state index contributed by atoms with van der Waals surface area (Å²) in [5, 5.41) is 22.9. The van der Waals surface area contributed by atoms with Crippen LogP contribution in [0.4, 0.5) is 5.69 Å². The largest absolute Gasteiger partial charge is 0.472 e. The molecule has 7 nitrogen and oxygen atoms in total. The van der Waals surface area contributed by atoms with Crippen LogP contribution in [0.2, 0.25) is 0 Å². The van der Waals surface area contributed by atoms with Gasteiger partial charge in [-0.25, -0.2) is 4.98 Å². The zero-order valence-electron chi connectivity index (χ0n) is 10.3. The van der Waals surface area contributed by atoms with E-state index in [0.717, 1.165) is 25.9 Å². The number of nitro groups is 1. The predicted octanol–water partition coefficient (Wildman–Crippen LogP) is 1.24. The van der Waals surface area contributed by atoms with Crippen molar-refractivity contribution in [1.82, 2.24) is 10.3 Å². The minimum atomic E-state index is -0.581. The highest BCUT2D eigenvalue weighted by Crippen LogP contribution is 2.25. The minimum absolute atomic E-state index is 0.0189. The first kappa shape index (κ1) is 13.2. The first-order valence-electron chi connectivity index (χ1n) is 6.08. The second-order valence-electron chi connectivity index (χ2n) is 4.44. The summed E-state index contributed by atoms with van der Waals surface area (Å²) in [6.45, 7) is 2.25. The van der Waals surface area contributed by atoms with E-state index >= 15 is 0 Å². The van der Waals surface area contributed by atoms with E-state index in [1.54, 1.807) is 0 Å². The number of piperidine rings is 1. The molecule has 0 saturated carbocycles. The Labute approximate surface area is 110 Å². The SMILES string of the molecule is N#Cc1cnc(OCC2CCCNC2)c([N+](=O)[O-])c1. The van der Waals surface area contributed by atoms with Crippen LogP contribution in [0.25, 0.3) is 0 Å². The molecule has 0 aliphatic carbocycles. The number of hydrogen-bond donors (Lipinski definition) is 1. The molecule has 0 radical (unpaired) electrons. The van der Waals surface area contributed by atoms with E-state index in [1.165, 1.54) is 12.3 Å². The fourth-order valence-corrected chi connectivity index (χ4v) is 2.01. The van der Waals surface area contributed by atoms with Crippen LogP contribution in [0, 0.1) is 27.4 Å². The van der Waals surface area contributed by atoms with E-state index in [1.807, 2.05) is 6.07 Å². The third-order valence-corrected chi connectivity index (χ3v) is 3.01. The molecule has 1 unspecified atom stereocenters. The monoisotopic (exact) mass is 262 g/mol. The van der Waals surface area contributed by atoms with Gasteiger partial charge in [0, 0.05) is 24.7 Å². The summed E-state index contributed by atoms with van der Waals surface area (Å²) < 4.78 is 5.44. The molecule has 100 valence electrons. The fraction of sp³-hybridized carbons (Fsp3) is 0.500. The van der Waals surface area contributed by atoms with Gasteiger partial charge in [0.25, 0.3) is 5.88 Å². The van der Waals surface area contributed by atoms with Gasteiger partial charge in [0.1, 0.15) is 6.07 Å². The van der Waals surface area contributed by atoms with E-state index in [9.17, 15) is 10.1 Å². The molecule has 7 heteroatoms. The minimum Gasteiger partial charge on any atom is -0.472 e. The van der Waals surface area contributed by atoms with Gasteiger partial charge < -0.3 is 10.1 Å². The molecule has 1 aliphatic rings. The Morgan fingerprint density at radius 3 is 3.16 bits per heavy atom. The van der Waals surface area contributed by atoms with Crippen LogP contribution in [0.1, 0.15) is 18.4 Å². The summed E-state index contributed by atoms with van der Waals surface area (Å²) in [4.78, 5) is 14.2. The third kappa shape index (κ3) is 3.39. The number of nitriles is 1. The molecule has 0 bridgehead atoms. The van der Waals surface area contributed by atoms with Gasteiger partial charge in [-0.15, -0.1) is 0 Å². The van der Waals surface area contributed by atoms with Gasteiger partial charge in [-0.2, -0.15) is 5.26 Å². The molecule has 1 fully saturated rings. The molecule has 1 saturated heterocycles. The molecule has 1 N–H and O–H groups in total. The Morgan fingerprint density at radius 1 is 1.68 bits per heavy atom. The Kier molecular flexibility index (Phi) is 4.26. The van der Waals surface area contributed by atoms with Crippen molar-refractivity contribution in [3.8, 4) is 11.9 Å². The Hall–Kier alpha value is -2.20. The van der Waals surface area contributed by atoms with Crippen molar-refractivity contribution in [2.45, 2.75) is 12.8 Å². The molecule has 1 aliphatic heterocycles. The normalized spacial score (nSPS) is 18.6. The molecular weight excluding hydrogens is 248 g/mol. The average Bonchev–Trinajstić information content (AvgIpc) is 2.46. The van der Waals surface area contributed by atoms with E-state index in [0.29, 0.717) is 12.5 Å². The summed E-state index contributed by atoms with van der Waals surface area (Å²) in [7, 11) is 0.